The average molecular weight is 274 g/mol. The van der Waals surface area contributed by atoms with Gasteiger partial charge in [0, 0.05) is 19.1 Å². The van der Waals surface area contributed by atoms with Crippen LogP contribution >= 0.6 is 0 Å². The molecular weight excluding hydrogens is 248 g/mol. The summed E-state index contributed by atoms with van der Waals surface area (Å²) in [5, 5.41) is 22.6. The van der Waals surface area contributed by atoms with Crippen LogP contribution in [-0.4, -0.2) is 40.9 Å². The van der Waals surface area contributed by atoms with Crippen molar-refractivity contribution in [3.05, 3.63) is 0 Å². The summed E-state index contributed by atoms with van der Waals surface area (Å²) in [4.78, 5) is 22.4. The van der Waals surface area contributed by atoms with Gasteiger partial charge in [-0.1, -0.05) is 26.7 Å². The Morgan fingerprint density at radius 2 is 1.68 bits per heavy atom. The zero-order valence-corrected chi connectivity index (χ0v) is 12.0. The molecule has 19 heavy (non-hydrogen) atoms. The SMILES string of the molecule is CC(C)CCCC(C)NC(=O)NC(CCO)C(=O)O. The van der Waals surface area contributed by atoms with Crippen LogP contribution in [0.1, 0.15) is 46.5 Å². The van der Waals surface area contributed by atoms with E-state index in [4.69, 9.17) is 10.2 Å². The number of hydrogen-bond donors (Lipinski definition) is 4. The molecular formula is C13H26N2O4. The van der Waals surface area contributed by atoms with E-state index in [1.54, 1.807) is 0 Å². The maximum absolute atomic E-state index is 11.6. The van der Waals surface area contributed by atoms with Crippen molar-refractivity contribution < 1.29 is 19.8 Å². The molecule has 0 bridgehead atoms. The number of nitrogens with one attached hydrogen (secondary N) is 2. The normalized spacial score (nSPS) is 13.9. The third kappa shape index (κ3) is 9.30. The Bertz CT molecular complexity index is 282. The van der Waals surface area contributed by atoms with E-state index in [1.165, 1.54) is 0 Å². The molecule has 0 aliphatic heterocycles. The monoisotopic (exact) mass is 274 g/mol. The second-order valence-electron chi connectivity index (χ2n) is 5.25. The lowest BCUT2D eigenvalue weighted by Crippen LogP contribution is -2.48. The van der Waals surface area contributed by atoms with E-state index in [0.29, 0.717) is 5.92 Å². The van der Waals surface area contributed by atoms with Crippen LogP contribution in [0.2, 0.25) is 0 Å². The van der Waals surface area contributed by atoms with Gasteiger partial charge < -0.3 is 20.8 Å². The number of carboxylic acids is 1. The van der Waals surface area contributed by atoms with Crippen molar-refractivity contribution in [3.63, 3.8) is 0 Å². The first-order chi connectivity index (χ1) is 8.86. The van der Waals surface area contributed by atoms with Gasteiger partial charge in [-0.25, -0.2) is 9.59 Å². The fourth-order valence-corrected chi connectivity index (χ4v) is 1.71. The van der Waals surface area contributed by atoms with Crippen LogP contribution in [0.15, 0.2) is 0 Å². The second-order valence-corrected chi connectivity index (χ2v) is 5.25. The molecule has 4 N–H and O–H groups in total. The molecule has 2 atom stereocenters. The van der Waals surface area contributed by atoms with Crippen LogP contribution < -0.4 is 10.6 Å². The molecule has 2 amide bonds. The molecule has 0 rings (SSSR count). The number of carbonyl (C=O) groups is 2. The first-order valence-corrected chi connectivity index (χ1v) is 6.77. The van der Waals surface area contributed by atoms with Crippen LogP contribution in [0, 0.1) is 5.92 Å². The fraction of sp³-hybridized carbons (Fsp3) is 0.846. The number of aliphatic hydroxyl groups excluding tert-OH is 1. The van der Waals surface area contributed by atoms with Gasteiger partial charge in [0.05, 0.1) is 0 Å². The zero-order valence-electron chi connectivity index (χ0n) is 12.0. The molecule has 0 spiro atoms. The lowest BCUT2D eigenvalue weighted by Gasteiger charge is -2.18. The van der Waals surface area contributed by atoms with Gasteiger partial charge in [0.1, 0.15) is 6.04 Å². The van der Waals surface area contributed by atoms with E-state index in [9.17, 15) is 9.59 Å². The van der Waals surface area contributed by atoms with Crippen LogP contribution in [-0.2, 0) is 4.79 Å². The molecule has 112 valence electrons. The first-order valence-electron chi connectivity index (χ1n) is 6.77. The predicted octanol–water partition coefficient (Wildman–Crippen LogP) is 1.34. The molecule has 0 aromatic rings. The highest BCUT2D eigenvalue weighted by Crippen LogP contribution is 2.08. The van der Waals surface area contributed by atoms with E-state index in [0.717, 1.165) is 19.3 Å². The quantitative estimate of drug-likeness (QED) is 0.510. The Labute approximate surface area is 114 Å². The first kappa shape index (κ1) is 17.7. The van der Waals surface area contributed by atoms with Crippen molar-refractivity contribution in [1.82, 2.24) is 10.6 Å². The second kappa shape index (κ2) is 9.61. The van der Waals surface area contributed by atoms with Crippen molar-refractivity contribution >= 4 is 12.0 Å². The summed E-state index contributed by atoms with van der Waals surface area (Å²) >= 11 is 0. The molecule has 0 radical (unpaired) electrons. The maximum Gasteiger partial charge on any atom is 0.326 e. The minimum Gasteiger partial charge on any atom is -0.480 e. The Morgan fingerprint density at radius 3 is 2.16 bits per heavy atom. The number of carbonyl (C=O) groups excluding carboxylic acids is 1. The smallest absolute Gasteiger partial charge is 0.326 e. The van der Waals surface area contributed by atoms with E-state index in [2.05, 4.69) is 24.5 Å². The summed E-state index contributed by atoms with van der Waals surface area (Å²) in [6.45, 7) is 5.91. The molecule has 0 aliphatic rings. The highest BCUT2D eigenvalue weighted by molar-refractivity contribution is 5.82. The summed E-state index contributed by atoms with van der Waals surface area (Å²) in [6, 6.07) is -1.55. The molecule has 0 saturated heterocycles. The average Bonchev–Trinajstić information content (AvgIpc) is 2.27. The Morgan fingerprint density at radius 1 is 1.05 bits per heavy atom. The molecule has 6 nitrogen and oxygen atoms in total. The Balaban J connectivity index is 3.97. The summed E-state index contributed by atoms with van der Waals surface area (Å²) < 4.78 is 0. The van der Waals surface area contributed by atoms with E-state index >= 15 is 0 Å². The highest BCUT2D eigenvalue weighted by atomic mass is 16.4. The molecule has 0 heterocycles. The van der Waals surface area contributed by atoms with Gasteiger partial charge in [0.25, 0.3) is 0 Å². The van der Waals surface area contributed by atoms with Crippen molar-refractivity contribution in [3.8, 4) is 0 Å². The summed E-state index contributed by atoms with van der Waals surface area (Å²) in [5.74, 6) is -0.501. The number of rotatable bonds is 9. The van der Waals surface area contributed by atoms with Crippen LogP contribution in [0.25, 0.3) is 0 Å². The molecule has 2 unspecified atom stereocenters. The highest BCUT2D eigenvalue weighted by Gasteiger charge is 2.19. The zero-order chi connectivity index (χ0) is 14.8. The van der Waals surface area contributed by atoms with Crippen molar-refractivity contribution in [2.75, 3.05) is 6.61 Å². The number of carboxylic acid groups (broad SMARTS) is 1. The van der Waals surface area contributed by atoms with Gasteiger partial charge in [-0.2, -0.15) is 0 Å². The van der Waals surface area contributed by atoms with Gasteiger partial charge in [-0.05, 0) is 19.3 Å². The summed E-state index contributed by atoms with van der Waals surface area (Å²) in [7, 11) is 0. The van der Waals surface area contributed by atoms with E-state index < -0.39 is 18.0 Å². The topological polar surface area (TPSA) is 98.7 Å². The number of amides is 2. The molecule has 0 fully saturated rings. The maximum atomic E-state index is 11.6. The van der Waals surface area contributed by atoms with Crippen LogP contribution in [0.5, 0.6) is 0 Å². The van der Waals surface area contributed by atoms with Gasteiger partial charge in [0.15, 0.2) is 0 Å². The largest absolute Gasteiger partial charge is 0.480 e. The van der Waals surface area contributed by atoms with E-state index in [1.807, 2.05) is 6.92 Å². The van der Waals surface area contributed by atoms with E-state index in [-0.39, 0.29) is 19.1 Å². The molecule has 0 aliphatic carbocycles. The van der Waals surface area contributed by atoms with Gasteiger partial charge >= 0.3 is 12.0 Å². The van der Waals surface area contributed by atoms with Gasteiger partial charge in [0.2, 0.25) is 0 Å². The summed E-state index contributed by atoms with van der Waals surface area (Å²) in [5.41, 5.74) is 0. The lowest BCUT2D eigenvalue weighted by molar-refractivity contribution is -0.139. The van der Waals surface area contributed by atoms with Crippen molar-refractivity contribution in [2.24, 2.45) is 5.92 Å². The number of aliphatic carboxylic acids is 1. The predicted molar refractivity (Wildman–Crippen MR) is 72.9 cm³/mol. The molecule has 0 saturated carbocycles. The Hall–Kier alpha value is -1.30. The molecule has 0 aromatic heterocycles. The Kier molecular flexibility index (Phi) is 8.95. The fourth-order valence-electron chi connectivity index (χ4n) is 1.71. The van der Waals surface area contributed by atoms with Gasteiger partial charge in [-0.3, -0.25) is 0 Å². The number of urea groups is 1. The minimum absolute atomic E-state index is 0.00215. The molecule has 6 heteroatoms. The number of hydrogen-bond acceptors (Lipinski definition) is 3. The number of aliphatic hydroxyl groups is 1. The van der Waals surface area contributed by atoms with Crippen LogP contribution in [0.4, 0.5) is 4.79 Å². The van der Waals surface area contributed by atoms with Crippen LogP contribution in [0.3, 0.4) is 0 Å². The standard InChI is InChI=1S/C13H26N2O4/c1-9(2)5-4-6-10(3)14-13(19)15-11(7-8-16)12(17)18/h9-11,16H,4-8H2,1-3H3,(H,17,18)(H2,14,15,19). The minimum atomic E-state index is -1.14. The third-order valence-electron chi connectivity index (χ3n) is 2.82. The third-order valence-corrected chi connectivity index (χ3v) is 2.82. The van der Waals surface area contributed by atoms with Crippen molar-refractivity contribution in [2.45, 2.75) is 58.5 Å². The van der Waals surface area contributed by atoms with Gasteiger partial charge in [-0.15, -0.1) is 0 Å². The lowest BCUT2D eigenvalue weighted by atomic mass is 10.0. The molecule has 0 aromatic carbocycles. The summed E-state index contributed by atoms with van der Waals surface area (Å²) in [6.07, 6.45) is 3.00. The van der Waals surface area contributed by atoms with Crippen molar-refractivity contribution in [1.29, 1.82) is 0 Å².